The smallest absolute Gasteiger partial charge is 0.267 e. The molecule has 1 amide bonds. The van der Waals surface area contributed by atoms with E-state index in [1.54, 1.807) is 4.90 Å². The molecule has 2 saturated heterocycles. The Morgan fingerprint density at radius 1 is 1.15 bits per heavy atom. The van der Waals surface area contributed by atoms with Gasteiger partial charge in [0.1, 0.15) is 4.32 Å². The van der Waals surface area contributed by atoms with Crippen LogP contribution in [0.4, 0.5) is 0 Å². The van der Waals surface area contributed by atoms with Crippen molar-refractivity contribution in [1.82, 2.24) is 9.80 Å². The first kappa shape index (κ1) is 19.2. The molecular formula is C19H24N2O3S2. The molecule has 0 saturated carbocycles. The standard InChI is InChI=1S/C19H24N2O3S2/c1-3-23-15-8-7-14(11-16(15)24-4-2)12-17-18(22)21(19(25)26-17)13-20-9-5-6-10-20/h7-8,11-12H,3-6,9-10,13H2,1-2H3/b17-12-. The first-order valence-electron chi connectivity index (χ1n) is 8.99. The molecule has 2 aliphatic rings. The molecule has 26 heavy (non-hydrogen) atoms. The van der Waals surface area contributed by atoms with Crippen LogP contribution in [-0.2, 0) is 4.79 Å². The fourth-order valence-corrected chi connectivity index (χ4v) is 4.30. The summed E-state index contributed by atoms with van der Waals surface area (Å²) in [6.07, 6.45) is 4.26. The van der Waals surface area contributed by atoms with Crippen LogP contribution in [0.5, 0.6) is 11.5 Å². The summed E-state index contributed by atoms with van der Waals surface area (Å²) >= 11 is 6.79. The van der Waals surface area contributed by atoms with E-state index in [9.17, 15) is 4.79 Å². The number of carbonyl (C=O) groups is 1. The average molecular weight is 393 g/mol. The average Bonchev–Trinajstić information content (AvgIpc) is 3.22. The number of nitrogens with zero attached hydrogens (tertiary/aromatic N) is 2. The number of rotatable bonds is 7. The van der Waals surface area contributed by atoms with Gasteiger partial charge in [0.05, 0.1) is 24.8 Å². The van der Waals surface area contributed by atoms with Crippen molar-refractivity contribution in [3.05, 3.63) is 28.7 Å². The molecule has 1 aromatic rings. The first-order chi connectivity index (χ1) is 12.6. The molecule has 0 aromatic heterocycles. The van der Waals surface area contributed by atoms with E-state index in [4.69, 9.17) is 21.7 Å². The molecule has 1 aromatic carbocycles. The third kappa shape index (κ3) is 4.39. The fraction of sp³-hybridized carbons (Fsp3) is 0.474. The van der Waals surface area contributed by atoms with Crippen LogP contribution in [0.2, 0.25) is 0 Å². The van der Waals surface area contributed by atoms with Crippen molar-refractivity contribution in [3.8, 4) is 11.5 Å². The monoisotopic (exact) mass is 392 g/mol. The lowest BCUT2D eigenvalue weighted by atomic mass is 10.2. The zero-order chi connectivity index (χ0) is 18.5. The molecule has 0 radical (unpaired) electrons. The van der Waals surface area contributed by atoms with Gasteiger partial charge in [-0.3, -0.25) is 14.6 Å². The van der Waals surface area contributed by atoms with E-state index in [-0.39, 0.29) is 5.91 Å². The molecular weight excluding hydrogens is 368 g/mol. The summed E-state index contributed by atoms with van der Waals surface area (Å²) in [6, 6.07) is 5.72. The van der Waals surface area contributed by atoms with Gasteiger partial charge in [0, 0.05) is 0 Å². The maximum Gasteiger partial charge on any atom is 0.267 e. The molecule has 0 atom stereocenters. The van der Waals surface area contributed by atoms with Gasteiger partial charge in [-0.05, 0) is 63.6 Å². The summed E-state index contributed by atoms with van der Waals surface area (Å²) in [5.74, 6) is 1.39. The molecule has 2 fully saturated rings. The van der Waals surface area contributed by atoms with Crippen LogP contribution >= 0.6 is 24.0 Å². The molecule has 0 N–H and O–H groups in total. The van der Waals surface area contributed by atoms with Crippen LogP contribution in [0.3, 0.4) is 0 Å². The lowest BCUT2D eigenvalue weighted by molar-refractivity contribution is -0.123. The summed E-state index contributed by atoms with van der Waals surface area (Å²) < 4.78 is 11.9. The van der Waals surface area contributed by atoms with Crippen LogP contribution in [0, 0.1) is 0 Å². The van der Waals surface area contributed by atoms with E-state index in [2.05, 4.69) is 4.90 Å². The highest BCUT2D eigenvalue weighted by atomic mass is 32.2. The number of ether oxygens (including phenoxy) is 2. The van der Waals surface area contributed by atoms with Gasteiger partial charge in [-0.25, -0.2) is 0 Å². The number of hydrogen-bond donors (Lipinski definition) is 0. The number of amides is 1. The second kappa shape index (κ2) is 8.88. The number of thioether (sulfide) groups is 1. The van der Waals surface area contributed by atoms with Crippen molar-refractivity contribution in [1.29, 1.82) is 0 Å². The Labute approximate surface area is 164 Å². The molecule has 2 heterocycles. The SMILES string of the molecule is CCOc1ccc(/C=C2\SC(=S)N(CN3CCCC3)C2=O)cc1OCC. The van der Waals surface area contributed by atoms with Gasteiger partial charge >= 0.3 is 0 Å². The van der Waals surface area contributed by atoms with E-state index in [1.165, 1.54) is 24.6 Å². The van der Waals surface area contributed by atoms with E-state index in [0.29, 0.717) is 40.6 Å². The highest BCUT2D eigenvalue weighted by molar-refractivity contribution is 8.26. The Morgan fingerprint density at radius 2 is 1.85 bits per heavy atom. The van der Waals surface area contributed by atoms with Crippen molar-refractivity contribution in [2.24, 2.45) is 0 Å². The minimum absolute atomic E-state index is 0.0151. The maximum atomic E-state index is 12.8. The minimum Gasteiger partial charge on any atom is -0.490 e. The van der Waals surface area contributed by atoms with Crippen molar-refractivity contribution in [3.63, 3.8) is 0 Å². The van der Waals surface area contributed by atoms with E-state index >= 15 is 0 Å². The Morgan fingerprint density at radius 3 is 2.54 bits per heavy atom. The van der Waals surface area contributed by atoms with Crippen LogP contribution in [0.25, 0.3) is 6.08 Å². The first-order valence-corrected chi connectivity index (χ1v) is 10.2. The molecule has 7 heteroatoms. The fourth-order valence-electron chi connectivity index (χ4n) is 3.05. The third-order valence-electron chi connectivity index (χ3n) is 4.28. The highest BCUT2D eigenvalue weighted by Crippen LogP contribution is 2.35. The molecule has 0 aliphatic carbocycles. The Hall–Kier alpha value is -1.57. The van der Waals surface area contributed by atoms with E-state index < -0.39 is 0 Å². The number of carbonyl (C=O) groups excluding carboxylic acids is 1. The van der Waals surface area contributed by atoms with Crippen LogP contribution < -0.4 is 9.47 Å². The molecule has 0 bridgehead atoms. The quantitative estimate of drug-likeness (QED) is 0.520. The molecule has 0 spiro atoms. The summed E-state index contributed by atoms with van der Waals surface area (Å²) in [7, 11) is 0. The number of likely N-dealkylation sites (tertiary alicyclic amines) is 1. The number of thiocarbonyl (C=S) groups is 1. The van der Waals surface area contributed by atoms with Gasteiger partial charge in [-0.15, -0.1) is 0 Å². The number of hydrogen-bond acceptors (Lipinski definition) is 6. The van der Waals surface area contributed by atoms with Crippen molar-refractivity contribution in [2.75, 3.05) is 33.0 Å². The van der Waals surface area contributed by atoms with Crippen molar-refractivity contribution < 1.29 is 14.3 Å². The van der Waals surface area contributed by atoms with Crippen LogP contribution in [0.15, 0.2) is 23.1 Å². The van der Waals surface area contributed by atoms with Gasteiger partial charge in [-0.2, -0.15) is 0 Å². The normalized spacial score (nSPS) is 19.6. The van der Waals surface area contributed by atoms with Crippen LogP contribution in [-0.4, -0.2) is 53.0 Å². The topological polar surface area (TPSA) is 42.0 Å². The molecule has 2 aliphatic heterocycles. The van der Waals surface area contributed by atoms with Gasteiger partial charge in [0.2, 0.25) is 0 Å². The Kier molecular flexibility index (Phi) is 6.56. The third-order valence-corrected chi connectivity index (χ3v) is 5.66. The predicted molar refractivity (Wildman–Crippen MR) is 109 cm³/mol. The summed E-state index contributed by atoms with van der Waals surface area (Å²) in [6.45, 7) is 7.67. The summed E-state index contributed by atoms with van der Waals surface area (Å²) in [5.41, 5.74) is 0.901. The molecule has 0 unspecified atom stereocenters. The molecule has 3 rings (SSSR count). The predicted octanol–water partition coefficient (Wildman–Crippen LogP) is 3.74. The largest absolute Gasteiger partial charge is 0.490 e. The summed E-state index contributed by atoms with van der Waals surface area (Å²) in [5, 5.41) is 0. The number of benzene rings is 1. The van der Waals surface area contributed by atoms with Gasteiger partial charge in [-0.1, -0.05) is 30.0 Å². The van der Waals surface area contributed by atoms with Gasteiger partial charge in [0.15, 0.2) is 11.5 Å². The van der Waals surface area contributed by atoms with Crippen molar-refractivity contribution in [2.45, 2.75) is 26.7 Å². The molecule has 5 nitrogen and oxygen atoms in total. The summed E-state index contributed by atoms with van der Waals surface area (Å²) in [4.78, 5) is 17.4. The highest BCUT2D eigenvalue weighted by Gasteiger charge is 2.33. The van der Waals surface area contributed by atoms with Crippen LogP contribution in [0.1, 0.15) is 32.3 Å². The zero-order valence-corrected chi connectivity index (χ0v) is 16.8. The maximum absolute atomic E-state index is 12.8. The lowest BCUT2D eigenvalue weighted by Crippen LogP contribution is -2.38. The minimum atomic E-state index is -0.0151. The Bertz CT molecular complexity index is 715. The van der Waals surface area contributed by atoms with E-state index in [1.807, 2.05) is 38.1 Å². The second-order valence-corrected chi connectivity index (χ2v) is 7.82. The van der Waals surface area contributed by atoms with Crippen molar-refractivity contribution >= 4 is 40.3 Å². The van der Waals surface area contributed by atoms with Gasteiger partial charge in [0.25, 0.3) is 5.91 Å². The molecule has 140 valence electrons. The zero-order valence-electron chi connectivity index (χ0n) is 15.2. The van der Waals surface area contributed by atoms with E-state index in [0.717, 1.165) is 18.7 Å². The Balaban J connectivity index is 1.77. The second-order valence-electron chi connectivity index (χ2n) is 6.15. The van der Waals surface area contributed by atoms with Gasteiger partial charge < -0.3 is 9.47 Å². The lowest BCUT2D eigenvalue weighted by Gasteiger charge is -2.22.